The molecule has 0 aromatic carbocycles. The Labute approximate surface area is 89.8 Å². The Morgan fingerprint density at radius 2 is 1.93 bits per heavy atom. The smallest absolute Gasteiger partial charge is 0.159 e. The van der Waals surface area contributed by atoms with Gasteiger partial charge in [0.15, 0.2) is 10.3 Å². The predicted octanol–water partition coefficient (Wildman–Crippen LogP) is 1.43. The van der Waals surface area contributed by atoms with Gasteiger partial charge < -0.3 is 15.0 Å². The van der Waals surface area contributed by atoms with Crippen molar-refractivity contribution in [2.75, 3.05) is 0 Å². The van der Waals surface area contributed by atoms with E-state index in [0.717, 1.165) is 11.2 Å². The highest BCUT2D eigenvalue weighted by Crippen LogP contribution is 2.02. The Balaban J connectivity index is 0.000000144. The fourth-order valence-electron chi connectivity index (χ4n) is 0.999. The van der Waals surface area contributed by atoms with Crippen molar-refractivity contribution in [1.29, 1.82) is 0 Å². The van der Waals surface area contributed by atoms with Crippen LogP contribution in [0.2, 0.25) is 0 Å². The second-order valence-electron chi connectivity index (χ2n) is 2.59. The van der Waals surface area contributed by atoms with Crippen LogP contribution >= 0.6 is 12.2 Å². The third kappa shape index (κ3) is 2.26. The Hall–Kier alpha value is -2.02. The van der Waals surface area contributed by atoms with Crippen LogP contribution in [0.15, 0.2) is 31.4 Å². The van der Waals surface area contributed by atoms with Crippen LogP contribution in [0.1, 0.15) is 0 Å². The average molecular weight is 220 g/mol. The van der Waals surface area contributed by atoms with Crippen LogP contribution in [0.5, 0.6) is 0 Å². The maximum absolute atomic E-state index is 4.91. The highest BCUT2D eigenvalue weighted by atomic mass is 32.1. The van der Waals surface area contributed by atoms with Gasteiger partial charge in [-0.25, -0.2) is 15.0 Å². The van der Waals surface area contributed by atoms with Crippen molar-refractivity contribution in [3.8, 4) is 0 Å². The van der Waals surface area contributed by atoms with Gasteiger partial charge in [0, 0.05) is 12.4 Å². The lowest BCUT2D eigenvalue weighted by Crippen LogP contribution is -1.80. The van der Waals surface area contributed by atoms with Gasteiger partial charge >= 0.3 is 0 Å². The number of aromatic amines is 3. The molecular weight excluding hydrogens is 212 g/mol. The fourth-order valence-corrected chi connectivity index (χ4v) is 1.21. The summed E-state index contributed by atoms with van der Waals surface area (Å²) in [5, 5.41) is 0. The second kappa shape index (κ2) is 4.47. The second-order valence-corrected chi connectivity index (χ2v) is 2.98. The minimum atomic E-state index is 0.547. The van der Waals surface area contributed by atoms with Gasteiger partial charge in [-0.3, -0.25) is 0 Å². The van der Waals surface area contributed by atoms with E-state index in [2.05, 4.69) is 29.9 Å². The maximum atomic E-state index is 4.91. The van der Waals surface area contributed by atoms with Crippen molar-refractivity contribution in [2.24, 2.45) is 0 Å². The van der Waals surface area contributed by atoms with Crippen molar-refractivity contribution < 1.29 is 0 Å². The first kappa shape index (κ1) is 9.53. The van der Waals surface area contributed by atoms with Crippen LogP contribution in [-0.4, -0.2) is 29.9 Å². The van der Waals surface area contributed by atoms with E-state index in [0.29, 0.717) is 4.64 Å². The lowest BCUT2D eigenvalue weighted by Gasteiger charge is -1.84. The lowest BCUT2D eigenvalue weighted by atomic mass is 10.6. The van der Waals surface area contributed by atoms with E-state index in [-0.39, 0.29) is 0 Å². The fraction of sp³-hybridized carbons (Fsp3) is 0. The molecule has 0 fully saturated rings. The number of H-pyrrole nitrogens is 3. The molecule has 0 saturated carbocycles. The summed E-state index contributed by atoms with van der Waals surface area (Å²) in [6, 6.07) is 0. The Kier molecular flexibility index (Phi) is 2.84. The summed E-state index contributed by atoms with van der Waals surface area (Å²) in [6.07, 6.45) is 8.20. The van der Waals surface area contributed by atoms with Gasteiger partial charge in [0.25, 0.3) is 0 Å². The minimum absolute atomic E-state index is 0.547. The number of imidazole rings is 2. The van der Waals surface area contributed by atoms with E-state index in [4.69, 9.17) is 12.2 Å². The molecule has 0 aliphatic carbocycles. The molecule has 0 aliphatic heterocycles. The van der Waals surface area contributed by atoms with E-state index in [9.17, 15) is 0 Å². The van der Waals surface area contributed by atoms with Gasteiger partial charge in [0.1, 0.15) is 5.52 Å². The molecule has 76 valence electrons. The molecule has 3 aromatic heterocycles. The van der Waals surface area contributed by atoms with E-state index < -0.39 is 0 Å². The third-order valence-corrected chi connectivity index (χ3v) is 1.95. The lowest BCUT2D eigenvalue weighted by molar-refractivity contribution is 1.18. The molecule has 0 bridgehead atoms. The summed E-state index contributed by atoms with van der Waals surface area (Å²) in [7, 11) is 0. The summed E-state index contributed by atoms with van der Waals surface area (Å²) in [5.41, 5.74) is 1.54. The molecule has 0 unspecified atom stereocenters. The molecule has 3 aromatic rings. The molecule has 0 amide bonds. The van der Waals surface area contributed by atoms with E-state index in [1.54, 1.807) is 25.0 Å². The molecule has 0 aliphatic rings. The number of nitrogens with one attached hydrogen (secondary N) is 3. The Morgan fingerprint density at radius 3 is 2.53 bits per heavy atom. The molecule has 3 rings (SSSR count). The van der Waals surface area contributed by atoms with Crippen LogP contribution in [0.3, 0.4) is 0 Å². The largest absolute Gasteiger partial charge is 0.351 e. The van der Waals surface area contributed by atoms with Crippen molar-refractivity contribution in [2.45, 2.75) is 0 Å². The topological polar surface area (TPSA) is 86.0 Å². The van der Waals surface area contributed by atoms with E-state index in [1.807, 2.05) is 0 Å². The van der Waals surface area contributed by atoms with Gasteiger partial charge in [-0.05, 0) is 0 Å². The molecule has 3 N–H and O–H groups in total. The summed E-state index contributed by atoms with van der Waals surface area (Å²) >= 11 is 4.91. The minimum Gasteiger partial charge on any atom is -0.351 e. The zero-order valence-corrected chi connectivity index (χ0v) is 8.45. The van der Waals surface area contributed by atoms with Crippen LogP contribution in [-0.2, 0) is 0 Å². The average Bonchev–Trinajstić information content (AvgIpc) is 2.93. The van der Waals surface area contributed by atoms with E-state index in [1.165, 1.54) is 6.33 Å². The molecule has 3 heterocycles. The van der Waals surface area contributed by atoms with Gasteiger partial charge in [0.2, 0.25) is 0 Å². The first-order chi connectivity index (χ1) is 7.38. The molecule has 15 heavy (non-hydrogen) atoms. The molecular formula is C8H8N6S. The van der Waals surface area contributed by atoms with Gasteiger partial charge in [0.05, 0.1) is 19.0 Å². The van der Waals surface area contributed by atoms with Crippen LogP contribution in [0.4, 0.5) is 0 Å². The third-order valence-electron chi connectivity index (χ3n) is 1.64. The summed E-state index contributed by atoms with van der Waals surface area (Å²) < 4.78 is 0.547. The number of hydrogen-bond donors (Lipinski definition) is 3. The number of nitrogens with zero attached hydrogens (tertiary/aromatic N) is 3. The Morgan fingerprint density at radius 1 is 1.07 bits per heavy atom. The first-order valence-electron chi connectivity index (χ1n) is 4.17. The number of aromatic nitrogens is 6. The van der Waals surface area contributed by atoms with E-state index >= 15 is 0 Å². The number of fused-ring (bicyclic) bond motifs is 1. The van der Waals surface area contributed by atoms with Crippen molar-refractivity contribution in [1.82, 2.24) is 29.9 Å². The SMILES string of the molecule is S=c1nc[nH]c2nc[nH]c12.c1c[nH]cn1. The summed E-state index contributed by atoms with van der Waals surface area (Å²) in [5.74, 6) is 0. The van der Waals surface area contributed by atoms with Crippen molar-refractivity contribution in [3.05, 3.63) is 36.0 Å². The number of hydrogen-bond acceptors (Lipinski definition) is 4. The highest BCUT2D eigenvalue weighted by molar-refractivity contribution is 7.71. The molecule has 0 saturated heterocycles. The highest BCUT2D eigenvalue weighted by Gasteiger charge is 1.94. The molecule has 0 spiro atoms. The summed E-state index contributed by atoms with van der Waals surface area (Å²) in [6.45, 7) is 0. The quantitative estimate of drug-likeness (QED) is 0.500. The zero-order valence-electron chi connectivity index (χ0n) is 7.64. The monoisotopic (exact) mass is 220 g/mol. The molecule has 0 atom stereocenters. The van der Waals surface area contributed by atoms with Gasteiger partial charge in [-0.15, -0.1) is 0 Å². The normalized spacial score (nSPS) is 9.60. The molecule has 6 nitrogen and oxygen atoms in total. The van der Waals surface area contributed by atoms with Crippen molar-refractivity contribution >= 4 is 23.4 Å². The van der Waals surface area contributed by atoms with Crippen molar-refractivity contribution in [3.63, 3.8) is 0 Å². The predicted molar refractivity (Wildman–Crippen MR) is 57.7 cm³/mol. The van der Waals surface area contributed by atoms with Crippen LogP contribution < -0.4 is 0 Å². The van der Waals surface area contributed by atoms with Gasteiger partial charge in [-0.2, -0.15) is 0 Å². The van der Waals surface area contributed by atoms with Crippen LogP contribution in [0, 0.1) is 4.64 Å². The number of rotatable bonds is 0. The maximum Gasteiger partial charge on any atom is 0.159 e. The standard InChI is InChI=1S/C5H4N4S.C3H4N2/c10-5-3-4(7-1-6-3)8-2-9-5;1-2-5-3-4-1/h1-2H,(H2,6,7,8,9,10);1-3H,(H,4,5). The van der Waals surface area contributed by atoms with Crippen LogP contribution in [0.25, 0.3) is 11.2 Å². The van der Waals surface area contributed by atoms with Gasteiger partial charge in [-0.1, -0.05) is 12.2 Å². The molecule has 7 heteroatoms. The summed E-state index contributed by atoms with van der Waals surface area (Å²) in [4.78, 5) is 20.0. The Bertz CT molecular complexity index is 549. The first-order valence-corrected chi connectivity index (χ1v) is 4.58. The zero-order chi connectivity index (χ0) is 10.5. The molecule has 0 radical (unpaired) electrons.